The number of rotatable bonds is 6. The molecule has 146 valence electrons. The van der Waals surface area contributed by atoms with Gasteiger partial charge in [0, 0.05) is 37.1 Å². The molecule has 3 rings (SSSR count). The standard InChI is InChI=1S/C20H30FN3O.HI/c1-4-22-19(23-11-6-8-14-7-5-9-15(21)13-14)24-17-16-10-12-25-18(16)20(17,2)3;/h5,7,9,13,16-18H,4,6,8,10-12H2,1-3H3,(H2,22,23,24);1H. The fourth-order valence-electron chi connectivity index (χ4n) is 4.25. The Morgan fingerprint density at radius 2 is 2.19 bits per heavy atom. The fraction of sp³-hybridized carbons (Fsp3) is 0.650. The van der Waals surface area contributed by atoms with Gasteiger partial charge in [-0.15, -0.1) is 24.0 Å². The minimum Gasteiger partial charge on any atom is -0.377 e. The molecule has 0 amide bonds. The van der Waals surface area contributed by atoms with E-state index < -0.39 is 0 Å². The van der Waals surface area contributed by atoms with Gasteiger partial charge < -0.3 is 15.4 Å². The summed E-state index contributed by atoms with van der Waals surface area (Å²) >= 11 is 0. The van der Waals surface area contributed by atoms with Gasteiger partial charge >= 0.3 is 0 Å². The zero-order chi connectivity index (χ0) is 17.9. The number of fused-ring (bicyclic) bond motifs is 1. The average molecular weight is 475 g/mol. The maximum atomic E-state index is 13.2. The van der Waals surface area contributed by atoms with E-state index in [1.54, 1.807) is 12.1 Å². The van der Waals surface area contributed by atoms with Crippen molar-refractivity contribution in [1.29, 1.82) is 0 Å². The largest absolute Gasteiger partial charge is 0.377 e. The molecular formula is C20H31FIN3O. The number of aliphatic imine (C=N–C) groups is 1. The third kappa shape index (κ3) is 4.68. The van der Waals surface area contributed by atoms with Crippen molar-refractivity contribution < 1.29 is 9.13 Å². The summed E-state index contributed by atoms with van der Waals surface area (Å²) in [6.07, 6.45) is 3.25. The number of hydrogen-bond donors (Lipinski definition) is 2. The van der Waals surface area contributed by atoms with Crippen molar-refractivity contribution in [1.82, 2.24) is 10.6 Å². The van der Waals surface area contributed by atoms with Crippen molar-refractivity contribution in [2.24, 2.45) is 16.3 Å². The highest BCUT2D eigenvalue weighted by molar-refractivity contribution is 14.0. The van der Waals surface area contributed by atoms with E-state index in [1.165, 1.54) is 6.07 Å². The van der Waals surface area contributed by atoms with Crippen molar-refractivity contribution in [2.75, 3.05) is 19.7 Å². The van der Waals surface area contributed by atoms with Crippen LogP contribution in [0, 0.1) is 17.2 Å². The summed E-state index contributed by atoms with van der Waals surface area (Å²) in [6.45, 7) is 9.06. The van der Waals surface area contributed by atoms with E-state index in [4.69, 9.17) is 9.73 Å². The first-order valence-electron chi connectivity index (χ1n) is 9.43. The molecule has 3 atom stereocenters. The van der Waals surface area contributed by atoms with Gasteiger partial charge in [0.05, 0.1) is 6.10 Å². The Kier molecular flexibility index (Phi) is 7.70. The Labute approximate surface area is 173 Å². The molecule has 3 unspecified atom stereocenters. The lowest BCUT2D eigenvalue weighted by molar-refractivity contribution is -0.106. The molecule has 2 N–H and O–H groups in total. The maximum absolute atomic E-state index is 13.2. The summed E-state index contributed by atoms with van der Waals surface area (Å²) in [6, 6.07) is 7.21. The van der Waals surface area contributed by atoms with Gasteiger partial charge in [-0.05, 0) is 43.9 Å². The van der Waals surface area contributed by atoms with Crippen LogP contribution in [0.1, 0.15) is 39.2 Å². The van der Waals surface area contributed by atoms with E-state index in [2.05, 4.69) is 31.4 Å². The predicted molar refractivity (Wildman–Crippen MR) is 115 cm³/mol. The van der Waals surface area contributed by atoms with Gasteiger partial charge in [0.2, 0.25) is 0 Å². The molecule has 6 heteroatoms. The second kappa shape index (κ2) is 9.35. The van der Waals surface area contributed by atoms with E-state index in [-0.39, 0.29) is 35.2 Å². The Hall–Kier alpha value is -0.890. The molecule has 1 aromatic carbocycles. The van der Waals surface area contributed by atoms with Gasteiger partial charge in [-0.2, -0.15) is 0 Å². The molecule has 4 nitrogen and oxygen atoms in total. The van der Waals surface area contributed by atoms with Crippen LogP contribution in [-0.2, 0) is 11.2 Å². The molecule has 0 spiro atoms. The summed E-state index contributed by atoms with van der Waals surface area (Å²) in [7, 11) is 0. The number of nitrogens with one attached hydrogen (secondary N) is 2. The molecule has 1 saturated heterocycles. The zero-order valence-electron chi connectivity index (χ0n) is 15.9. The van der Waals surface area contributed by atoms with Gasteiger partial charge in [-0.1, -0.05) is 26.0 Å². The Bertz CT molecular complexity index is 623. The summed E-state index contributed by atoms with van der Waals surface area (Å²) in [5.74, 6) is 1.30. The third-order valence-corrected chi connectivity index (χ3v) is 5.52. The van der Waals surface area contributed by atoms with Crippen molar-refractivity contribution in [3.63, 3.8) is 0 Å². The highest BCUT2D eigenvalue weighted by Gasteiger charge is 2.59. The van der Waals surface area contributed by atoms with E-state index in [0.29, 0.717) is 18.1 Å². The summed E-state index contributed by atoms with van der Waals surface area (Å²) in [5.41, 5.74) is 1.16. The van der Waals surface area contributed by atoms with E-state index in [0.717, 1.165) is 50.5 Å². The van der Waals surface area contributed by atoms with Crippen LogP contribution in [0.15, 0.2) is 29.3 Å². The van der Waals surface area contributed by atoms with Crippen LogP contribution in [0.25, 0.3) is 0 Å². The van der Waals surface area contributed by atoms with Gasteiger partial charge in [-0.3, -0.25) is 4.99 Å². The number of halogens is 2. The number of nitrogens with zero attached hydrogens (tertiary/aromatic N) is 1. The highest BCUT2D eigenvalue weighted by Crippen LogP contribution is 2.52. The van der Waals surface area contributed by atoms with Gasteiger partial charge in [0.15, 0.2) is 5.96 Å². The summed E-state index contributed by atoms with van der Waals surface area (Å²) in [4.78, 5) is 4.71. The number of guanidine groups is 1. The highest BCUT2D eigenvalue weighted by atomic mass is 127. The molecule has 0 radical (unpaired) electrons. The monoisotopic (exact) mass is 475 g/mol. The number of hydrogen-bond acceptors (Lipinski definition) is 2. The summed E-state index contributed by atoms with van der Waals surface area (Å²) in [5, 5.41) is 6.97. The first kappa shape index (κ1) is 21.4. The second-order valence-electron chi connectivity index (χ2n) is 7.68. The van der Waals surface area contributed by atoms with Crippen LogP contribution in [0.5, 0.6) is 0 Å². The predicted octanol–water partition coefficient (Wildman–Crippen LogP) is 3.74. The smallest absolute Gasteiger partial charge is 0.191 e. The molecule has 2 fully saturated rings. The van der Waals surface area contributed by atoms with Gasteiger partial charge in [0.25, 0.3) is 0 Å². The lowest BCUT2D eigenvalue weighted by atomic mass is 9.57. The van der Waals surface area contributed by atoms with Crippen molar-refractivity contribution >= 4 is 29.9 Å². The molecule has 1 saturated carbocycles. The quantitative estimate of drug-likeness (QED) is 0.285. The lowest BCUT2D eigenvalue weighted by Crippen LogP contribution is -2.67. The molecule has 0 aromatic heterocycles. The molecule has 26 heavy (non-hydrogen) atoms. The summed E-state index contributed by atoms with van der Waals surface area (Å²) < 4.78 is 19.1. The molecular weight excluding hydrogens is 444 g/mol. The molecule has 1 heterocycles. The number of aryl methyl sites for hydroxylation is 1. The fourth-order valence-corrected chi connectivity index (χ4v) is 4.25. The topological polar surface area (TPSA) is 45.7 Å². The number of benzene rings is 1. The first-order chi connectivity index (χ1) is 12.0. The number of ether oxygens (including phenoxy) is 1. The minimum atomic E-state index is -0.170. The lowest BCUT2D eigenvalue weighted by Gasteiger charge is -2.54. The SMILES string of the molecule is CCNC(=NCCCc1cccc(F)c1)NC1C2CCOC2C1(C)C.I. The minimum absolute atomic E-state index is 0. The van der Waals surface area contributed by atoms with Gasteiger partial charge in [0.1, 0.15) is 5.82 Å². The molecule has 0 bridgehead atoms. The van der Waals surface area contributed by atoms with Crippen molar-refractivity contribution in [3.05, 3.63) is 35.6 Å². The van der Waals surface area contributed by atoms with Crippen molar-refractivity contribution in [2.45, 2.75) is 52.2 Å². The van der Waals surface area contributed by atoms with Crippen molar-refractivity contribution in [3.8, 4) is 0 Å². The second-order valence-corrected chi connectivity index (χ2v) is 7.68. The zero-order valence-corrected chi connectivity index (χ0v) is 18.3. The van der Waals surface area contributed by atoms with Crippen LogP contribution >= 0.6 is 24.0 Å². The third-order valence-electron chi connectivity index (χ3n) is 5.52. The molecule has 1 aromatic rings. The van der Waals surface area contributed by atoms with E-state index in [9.17, 15) is 4.39 Å². The van der Waals surface area contributed by atoms with E-state index >= 15 is 0 Å². The Balaban J connectivity index is 0.00000243. The molecule has 2 aliphatic rings. The van der Waals surface area contributed by atoms with Crippen LogP contribution in [0.3, 0.4) is 0 Å². The first-order valence-corrected chi connectivity index (χ1v) is 9.43. The van der Waals surface area contributed by atoms with Crippen LogP contribution in [0.2, 0.25) is 0 Å². The Morgan fingerprint density at radius 1 is 1.38 bits per heavy atom. The average Bonchev–Trinajstić information content (AvgIpc) is 3.03. The van der Waals surface area contributed by atoms with Crippen LogP contribution < -0.4 is 10.6 Å². The van der Waals surface area contributed by atoms with Crippen LogP contribution in [0.4, 0.5) is 4.39 Å². The van der Waals surface area contributed by atoms with Crippen LogP contribution in [-0.4, -0.2) is 37.8 Å². The maximum Gasteiger partial charge on any atom is 0.191 e. The van der Waals surface area contributed by atoms with Gasteiger partial charge in [-0.25, -0.2) is 4.39 Å². The molecule has 1 aliphatic heterocycles. The molecule has 1 aliphatic carbocycles. The van der Waals surface area contributed by atoms with E-state index in [1.807, 2.05) is 6.07 Å². The Morgan fingerprint density at radius 3 is 2.92 bits per heavy atom. The normalized spacial score (nSPS) is 26.5.